The molecule has 0 fully saturated rings. The highest BCUT2D eigenvalue weighted by atomic mass is 32.2. The second-order valence-corrected chi connectivity index (χ2v) is 8.96. The summed E-state index contributed by atoms with van der Waals surface area (Å²) in [5, 5.41) is 3.61. The third-order valence-corrected chi connectivity index (χ3v) is 6.00. The molecule has 2 aromatic carbocycles. The number of aromatic nitrogens is 2. The average Bonchev–Trinajstić information content (AvgIpc) is 2.66. The molecule has 2 heterocycles. The lowest BCUT2D eigenvalue weighted by molar-refractivity contribution is -0.114. The first-order valence-corrected chi connectivity index (χ1v) is 10.8. The SMILES string of the molecule is CC(=O)Nc1cccc2c1CCN(c1ncnc3ccc(S(C)(=O)=O)cc13)C2. The fourth-order valence-corrected chi connectivity index (χ4v) is 4.25. The standard InChI is InChI=1S/C20H20N4O3S/c1-13(25)23-19-5-3-4-14-11-24(9-8-16(14)19)20-17-10-15(28(2,26)27)6-7-18(17)21-12-22-20/h3-7,10,12H,8-9,11H2,1-2H3,(H,23,25). The molecule has 7 nitrogen and oxygen atoms in total. The molecule has 0 saturated heterocycles. The fourth-order valence-electron chi connectivity index (χ4n) is 3.60. The van der Waals surface area contributed by atoms with Crippen molar-refractivity contribution < 1.29 is 13.2 Å². The molecular formula is C20H20N4O3S. The van der Waals surface area contributed by atoms with Gasteiger partial charge >= 0.3 is 0 Å². The minimum absolute atomic E-state index is 0.0917. The molecule has 4 rings (SSSR count). The summed E-state index contributed by atoms with van der Waals surface area (Å²) in [6, 6.07) is 10.8. The summed E-state index contributed by atoms with van der Waals surface area (Å²) in [4.78, 5) is 22.5. The molecule has 1 N–H and O–H groups in total. The van der Waals surface area contributed by atoms with Gasteiger partial charge in [0.15, 0.2) is 9.84 Å². The first kappa shape index (κ1) is 18.4. The van der Waals surface area contributed by atoms with Crippen LogP contribution in [0.4, 0.5) is 11.5 Å². The van der Waals surface area contributed by atoms with E-state index in [2.05, 4.69) is 20.2 Å². The van der Waals surface area contributed by atoms with Gasteiger partial charge < -0.3 is 10.2 Å². The van der Waals surface area contributed by atoms with Crippen molar-refractivity contribution in [1.29, 1.82) is 0 Å². The zero-order chi connectivity index (χ0) is 19.9. The Balaban J connectivity index is 1.75. The van der Waals surface area contributed by atoms with E-state index < -0.39 is 9.84 Å². The molecule has 0 spiro atoms. The molecule has 3 aromatic rings. The number of anilines is 2. The van der Waals surface area contributed by atoms with E-state index in [1.165, 1.54) is 19.5 Å². The maximum atomic E-state index is 12.0. The third-order valence-electron chi connectivity index (χ3n) is 4.89. The van der Waals surface area contributed by atoms with Crippen LogP contribution in [0.25, 0.3) is 10.9 Å². The smallest absolute Gasteiger partial charge is 0.221 e. The molecule has 0 saturated carbocycles. The molecular weight excluding hydrogens is 376 g/mol. The van der Waals surface area contributed by atoms with Gasteiger partial charge in [-0.1, -0.05) is 12.1 Å². The van der Waals surface area contributed by atoms with E-state index in [1.807, 2.05) is 18.2 Å². The highest BCUT2D eigenvalue weighted by molar-refractivity contribution is 7.90. The van der Waals surface area contributed by atoms with E-state index >= 15 is 0 Å². The van der Waals surface area contributed by atoms with Crippen LogP contribution < -0.4 is 10.2 Å². The number of amides is 1. The van der Waals surface area contributed by atoms with Crippen LogP contribution in [0.15, 0.2) is 47.6 Å². The molecule has 1 aromatic heterocycles. The molecule has 0 bridgehead atoms. The van der Waals surface area contributed by atoms with Crippen LogP contribution in [-0.4, -0.2) is 37.1 Å². The second-order valence-electron chi connectivity index (χ2n) is 6.94. The van der Waals surface area contributed by atoms with Gasteiger partial charge in [-0.3, -0.25) is 4.79 Å². The van der Waals surface area contributed by atoms with Crippen molar-refractivity contribution in [2.75, 3.05) is 23.0 Å². The molecule has 8 heteroatoms. The summed E-state index contributed by atoms with van der Waals surface area (Å²) in [7, 11) is -3.32. The number of fused-ring (bicyclic) bond motifs is 2. The number of hydrogen-bond acceptors (Lipinski definition) is 6. The fraction of sp³-hybridized carbons (Fsp3) is 0.250. The Morgan fingerprint density at radius 1 is 1.18 bits per heavy atom. The summed E-state index contributed by atoms with van der Waals surface area (Å²) in [5.74, 6) is 0.622. The van der Waals surface area contributed by atoms with E-state index in [0.717, 1.165) is 23.2 Å². The average molecular weight is 396 g/mol. The predicted octanol–water partition coefficient (Wildman–Crippen LogP) is 2.55. The second kappa shape index (κ2) is 6.87. The normalized spacial score (nSPS) is 14.0. The lowest BCUT2D eigenvalue weighted by Gasteiger charge is -2.31. The van der Waals surface area contributed by atoms with Crippen LogP contribution >= 0.6 is 0 Å². The van der Waals surface area contributed by atoms with Gasteiger partial charge in [0, 0.05) is 37.3 Å². The number of nitrogens with one attached hydrogen (secondary N) is 1. The number of sulfone groups is 1. The Hall–Kier alpha value is -3.00. The predicted molar refractivity (Wildman–Crippen MR) is 108 cm³/mol. The van der Waals surface area contributed by atoms with E-state index in [4.69, 9.17) is 0 Å². The van der Waals surface area contributed by atoms with Gasteiger partial charge in [-0.15, -0.1) is 0 Å². The number of hydrogen-bond donors (Lipinski definition) is 1. The highest BCUT2D eigenvalue weighted by Crippen LogP contribution is 2.32. The zero-order valence-electron chi connectivity index (χ0n) is 15.6. The number of carbonyl (C=O) groups is 1. The first-order valence-electron chi connectivity index (χ1n) is 8.91. The molecule has 0 atom stereocenters. The van der Waals surface area contributed by atoms with Crippen LogP contribution in [0.3, 0.4) is 0 Å². The Kier molecular flexibility index (Phi) is 4.50. The van der Waals surface area contributed by atoms with Crippen LogP contribution in [0.5, 0.6) is 0 Å². The molecule has 0 radical (unpaired) electrons. The quantitative estimate of drug-likeness (QED) is 0.731. The van der Waals surface area contributed by atoms with Crippen molar-refractivity contribution >= 4 is 38.2 Å². The van der Waals surface area contributed by atoms with Crippen molar-refractivity contribution in [2.45, 2.75) is 24.8 Å². The summed E-state index contributed by atoms with van der Waals surface area (Å²) >= 11 is 0. The maximum absolute atomic E-state index is 12.0. The first-order chi connectivity index (χ1) is 13.3. The number of rotatable bonds is 3. The molecule has 1 aliphatic rings. The van der Waals surface area contributed by atoms with Gasteiger partial charge in [0.2, 0.25) is 5.91 Å². The molecule has 0 unspecified atom stereocenters. The van der Waals surface area contributed by atoms with Crippen LogP contribution in [-0.2, 0) is 27.6 Å². The number of nitrogens with zero attached hydrogens (tertiary/aromatic N) is 3. The van der Waals surface area contributed by atoms with E-state index in [0.29, 0.717) is 29.8 Å². The van der Waals surface area contributed by atoms with Crippen LogP contribution in [0, 0.1) is 0 Å². The minimum atomic E-state index is -3.32. The molecule has 144 valence electrons. The van der Waals surface area contributed by atoms with Crippen LogP contribution in [0.1, 0.15) is 18.1 Å². The Morgan fingerprint density at radius 2 is 2.00 bits per heavy atom. The molecule has 1 amide bonds. The molecule has 1 aliphatic heterocycles. The Bertz CT molecular complexity index is 1190. The Morgan fingerprint density at radius 3 is 2.75 bits per heavy atom. The van der Waals surface area contributed by atoms with Crippen molar-refractivity contribution in [3.8, 4) is 0 Å². The van der Waals surface area contributed by atoms with Crippen molar-refractivity contribution in [3.63, 3.8) is 0 Å². The van der Waals surface area contributed by atoms with Gasteiger partial charge in [-0.25, -0.2) is 18.4 Å². The van der Waals surface area contributed by atoms with Crippen molar-refractivity contribution in [3.05, 3.63) is 53.9 Å². The summed E-state index contributed by atoms with van der Waals surface area (Å²) in [6.45, 7) is 2.83. The summed E-state index contributed by atoms with van der Waals surface area (Å²) < 4.78 is 23.9. The van der Waals surface area contributed by atoms with Gasteiger partial charge in [-0.05, 0) is 41.8 Å². The number of benzene rings is 2. The van der Waals surface area contributed by atoms with Gasteiger partial charge in [-0.2, -0.15) is 0 Å². The van der Waals surface area contributed by atoms with Crippen molar-refractivity contribution in [2.24, 2.45) is 0 Å². The lowest BCUT2D eigenvalue weighted by Crippen LogP contribution is -2.32. The topological polar surface area (TPSA) is 92.3 Å². The largest absolute Gasteiger partial charge is 0.351 e. The van der Waals surface area contributed by atoms with Crippen molar-refractivity contribution in [1.82, 2.24) is 9.97 Å². The third kappa shape index (κ3) is 3.43. The summed E-state index contributed by atoms with van der Waals surface area (Å²) in [5.41, 5.74) is 3.79. The zero-order valence-corrected chi connectivity index (χ0v) is 16.5. The highest BCUT2D eigenvalue weighted by Gasteiger charge is 2.22. The monoisotopic (exact) mass is 396 g/mol. The molecule has 0 aliphatic carbocycles. The Labute approximate surface area is 163 Å². The minimum Gasteiger partial charge on any atom is -0.351 e. The van der Waals surface area contributed by atoms with Gasteiger partial charge in [0.25, 0.3) is 0 Å². The number of carbonyl (C=O) groups excluding carboxylic acids is 1. The van der Waals surface area contributed by atoms with Gasteiger partial charge in [0.05, 0.1) is 10.4 Å². The van der Waals surface area contributed by atoms with E-state index in [1.54, 1.807) is 18.2 Å². The molecule has 28 heavy (non-hydrogen) atoms. The van der Waals surface area contributed by atoms with E-state index in [9.17, 15) is 13.2 Å². The van der Waals surface area contributed by atoms with E-state index in [-0.39, 0.29) is 10.8 Å². The van der Waals surface area contributed by atoms with Crippen LogP contribution in [0.2, 0.25) is 0 Å². The summed E-state index contributed by atoms with van der Waals surface area (Å²) in [6.07, 6.45) is 3.45. The lowest BCUT2D eigenvalue weighted by atomic mass is 9.97. The maximum Gasteiger partial charge on any atom is 0.221 e. The van der Waals surface area contributed by atoms with Gasteiger partial charge in [0.1, 0.15) is 12.1 Å².